The SMILES string of the molecule is Cc1nc(NC(=O)CCn2c(=O)oc3ccccc32)sc1SCC#N. The normalized spacial score (nSPS) is 10.7. The first-order chi connectivity index (χ1) is 12.1. The summed E-state index contributed by atoms with van der Waals surface area (Å²) in [7, 11) is 0. The number of para-hydroxylation sites is 2. The molecule has 0 spiro atoms. The highest BCUT2D eigenvalue weighted by molar-refractivity contribution is 8.01. The summed E-state index contributed by atoms with van der Waals surface area (Å²) in [4.78, 5) is 28.3. The van der Waals surface area contributed by atoms with Crippen LogP contribution in [-0.2, 0) is 11.3 Å². The third-order valence-corrected chi connectivity index (χ3v) is 5.71. The molecule has 0 unspecified atom stereocenters. The highest BCUT2D eigenvalue weighted by Crippen LogP contribution is 2.31. The van der Waals surface area contributed by atoms with Gasteiger partial charge in [-0.15, -0.1) is 0 Å². The number of hydrogen-bond acceptors (Lipinski definition) is 7. The second-order valence-corrected chi connectivity index (χ2v) is 7.37. The number of thioether (sulfide) groups is 1. The summed E-state index contributed by atoms with van der Waals surface area (Å²) in [5, 5.41) is 11.9. The maximum absolute atomic E-state index is 12.1. The van der Waals surface area contributed by atoms with E-state index in [-0.39, 0.29) is 18.9 Å². The Bertz CT molecular complexity index is 1010. The molecule has 128 valence electrons. The van der Waals surface area contributed by atoms with Crippen LogP contribution in [0.2, 0.25) is 0 Å². The van der Waals surface area contributed by atoms with Crippen molar-refractivity contribution in [1.29, 1.82) is 5.26 Å². The molecule has 3 aromatic rings. The molecule has 0 saturated carbocycles. The molecule has 1 aromatic carbocycles. The number of rotatable bonds is 6. The van der Waals surface area contributed by atoms with Crippen molar-refractivity contribution in [3.05, 3.63) is 40.5 Å². The van der Waals surface area contributed by atoms with E-state index in [4.69, 9.17) is 9.68 Å². The topological polar surface area (TPSA) is 101 Å². The van der Waals surface area contributed by atoms with Crippen molar-refractivity contribution >= 4 is 45.2 Å². The van der Waals surface area contributed by atoms with Gasteiger partial charge in [0, 0.05) is 13.0 Å². The lowest BCUT2D eigenvalue weighted by molar-refractivity contribution is -0.116. The van der Waals surface area contributed by atoms with E-state index in [0.717, 1.165) is 9.90 Å². The van der Waals surface area contributed by atoms with Gasteiger partial charge in [-0.2, -0.15) is 5.26 Å². The lowest BCUT2D eigenvalue weighted by atomic mass is 10.3. The molecule has 0 radical (unpaired) electrons. The second kappa shape index (κ2) is 7.55. The smallest absolute Gasteiger partial charge is 0.408 e. The van der Waals surface area contributed by atoms with Crippen molar-refractivity contribution in [3.8, 4) is 6.07 Å². The van der Waals surface area contributed by atoms with Crippen LogP contribution in [0, 0.1) is 18.3 Å². The third kappa shape index (κ3) is 3.92. The van der Waals surface area contributed by atoms with Gasteiger partial charge in [0.1, 0.15) is 0 Å². The number of carbonyl (C=O) groups excluding carboxylic acids is 1. The zero-order chi connectivity index (χ0) is 17.8. The monoisotopic (exact) mass is 374 g/mol. The minimum Gasteiger partial charge on any atom is -0.408 e. The first kappa shape index (κ1) is 17.3. The van der Waals surface area contributed by atoms with Gasteiger partial charge in [0.25, 0.3) is 0 Å². The zero-order valence-corrected chi connectivity index (χ0v) is 14.9. The summed E-state index contributed by atoms with van der Waals surface area (Å²) >= 11 is 2.73. The molecule has 3 rings (SSSR count). The van der Waals surface area contributed by atoms with Crippen molar-refractivity contribution in [1.82, 2.24) is 9.55 Å². The Balaban J connectivity index is 1.64. The Morgan fingerprint density at radius 2 is 2.28 bits per heavy atom. The Hall–Kier alpha value is -2.57. The molecule has 25 heavy (non-hydrogen) atoms. The summed E-state index contributed by atoms with van der Waals surface area (Å²) in [5.41, 5.74) is 1.96. The van der Waals surface area contributed by atoms with Crippen molar-refractivity contribution in [2.75, 3.05) is 11.1 Å². The minimum absolute atomic E-state index is 0.128. The number of aryl methyl sites for hydroxylation is 2. The van der Waals surface area contributed by atoms with Crippen LogP contribution >= 0.6 is 23.1 Å². The van der Waals surface area contributed by atoms with Gasteiger partial charge >= 0.3 is 5.76 Å². The van der Waals surface area contributed by atoms with Crippen molar-refractivity contribution in [2.45, 2.75) is 24.1 Å². The molecule has 2 aromatic heterocycles. The number of aromatic nitrogens is 2. The summed E-state index contributed by atoms with van der Waals surface area (Å²) in [5.74, 6) is -0.371. The molecule has 9 heteroatoms. The third-order valence-electron chi connectivity index (χ3n) is 3.40. The Labute approximate surface area is 151 Å². The fourth-order valence-electron chi connectivity index (χ4n) is 2.29. The van der Waals surface area contributed by atoms with E-state index in [9.17, 15) is 9.59 Å². The van der Waals surface area contributed by atoms with Crippen LogP contribution in [0.25, 0.3) is 11.1 Å². The molecule has 0 bridgehead atoms. The maximum Gasteiger partial charge on any atom is 0.419 e. The number of hydrogen-bond donors (Lipinski definition) is 1. The predicted octanol–water partition coefficient (Wildman–Crippen LogP) is 3.00. The Morgan fingerprint density at radius 1 is 1.48 bits per heavy atom. The average molecular weight is 374 g/mol. The first-order valence-electron chi connectivity index (χ1n) is 7.44. The van der Waals surface area contributed by atoms with Gasteiger partial charge in [-0.3, -0.25) is 9.36 Å². The summed E-state index contributed by atoms with van der Waals surface area (Å²) in [6, 6.07) is 9.15. The molecule has 1 N–H and O–H groups in total. The summed E-state index contributed by atoms with van der Waals surface area (Å²) < 4.78 is 7.49. The van der Waals surface area contributed by atoms with Crippen LogP contribution in [0.15, 0.2) is 37.7 Å². The molecule has 2 heterocycles. The molecule has 0 aliphatic carbocycles. The molecule has 0 saturated heterocycles. The van der Waals surface area contributed by atoms with Crippen LogP contribution < -0.4 is 11.1 Å². The van der Waals surface area contributed by atoms with Gasteiger partial charge in [0.05, 0.1) is 27.2 Å². The molecule has 0 aliphatic heterocycles. The Kier molecular flexibility index (Phi) is 5.21. The molecule has 0 fully saturated rings. The molecule has 0 aliphatic rings. The highest BCUT2D eigenvalue weighted by Gasteiger charge is 2.13. The van der Waals surface area contributed by atoms with E-state index >= 15 is 0 Å². The number of benzene rings is 1. The molecule has 7 nitrogen and oxygen atoms in total. The van der Waals surface area contributed by atoms with Gasteiger partial charge in [0.2, 0.25) is 5.91 Å². The Morgan fingerprint density at radius 3 is 3.08 bits per heavy atom. The lowest BCUT2D eigenvalue weighted by Crippen LogP contribution is -2.19. The number of nitrogens with zero attached hydrogens (tertiary/aromatic N) is 3. The second-order valence-electron chi connectivity index (χ2n) is 5.12. The van der Waals surface area contributed by atoms with E-state index in [1.165, 1.54) is 27.7 Å². The van der Waals surface area contributed by atoms with Gasteiger partial charge in [-0.1, -0.05) is 35.2 Å². The predicted molar refractivity (Wildman–Crippen MR) is 96.9 cm³/mol. The van der Waals surface area contributed by atoms with E-state index in [1.807, 2.05) is 13.0 Å². The molecular formula is C16H14N4O3S2. The van der Waals surface area contributed by atoms with Gasteiger partial charge in [0.15, 0.2) is 10.7 Å². The number of anilines is 1. The molecule has 1 amide bonds. The fourth-order valence-corrected chi connectivity index (χ4v) is 4.10. The summed E-state index contributed by atoms with van der Waals surface area (Å²) in [6.07, 6.45) is 0.128. The number of oxazole rings is 1. The number of amides is 1. The van der Waals surface area contributed by atoms with E-state index in [2.05, 4.69) is 16.4 Å². The number of carbonyl (C=O) groups is 1. The van der Waals surface area contributed by atoms with Crippen LogP contribution in [0.1, 0.15) is 12.1 Å². The standard InChI is InChI=1S/C16H14N4O3S2/c1-10-14(24-9-7-17)25-15(18-10)19-13(21)6-8-20-11-4-2-3-5-12(11)23-16(20)22/h2-5H,6,8-9H2,1H3,(H,18,19,21). The lowest BCUT2D eigenvalue weighted by Gasteiger charge is -2.02. The zero-order valence-electron chi connectivity index (χ0n) is 13.3. The van der Waals surface area contributed by atoms with Gasteiger partial charge in [-0.05, 0) is 19.1 Å². The highest BCUT2D eigenvalue weighted by atomic mass is 32.2. The van der Waals surface area contributed by atoms with Crippen LogP contribution in [0.3, 0.4) is 0 Å². The van der Waals surface area contributed by atoms with Crippen molar-refractivity contribution < 1.29 is 9.21 Å². The number of fused-ring (bicyclic) bond motifs is 1. The molecular weight excluding hydrogens is 360 g/mol. The van der Waals surface area contributed by atoms with Crippen LogP contribution in [0.4, 0.5) is 5.13 Å². The average Bonchev–Trinajstić information content (AvgIpc) is 3.09. The number of thiazole rings is 1. The van der Waals surface area contributed by atoms with Gasteiger partial charge in [-0.25, -0.2) is 9.78 Å². The number of nitriles is 1. The van der Waals surface area contributed by atoms with Crippen LogP contribution in [-0.4, -0.2) is 21.2 Å². The maximum atomic E-state index is 12.1. The quantitative estimate of drug-likeness (QED) is 0.666. The van der Waals surface area contributed by atoms with Gasteiger partial charge < -0.3 is 9.73 Å². The fraction of sp³-hybridized carbons (Fsp3) is 0.250. The van der Waals surface area contributed by atoms with E-state index in [0.29, 0.717) is 22.0 Å². The first-order valence-corrected chi connectivity index (χ1v) is 9.24. The molecule has 0 atom stereocenters. The van der Waals surface area contributed by atoms with Crippen molar-refractivity contribution in [3.63, 3.8) is 0 Å². The summed E-state index contributed by atoms with van der Waals surface area (Å²) in [6.45, 7) is 2.06. The largest absolute Gasteiger partial charge is 0.419 e. The van der Waals surface area contributed by atoms with E-state index < -0.39 is 5.76 Å². The minimum atomic E-state index is -0.478. The number of nitrogens with one attached hydrogen (secondary N) is 1. The van der Waals surface area contributed by atoms with E-state index in [1.54, 1.807) is 18.2 Å². The van der Waals surface area contributed by atoms with Crippen molar-refractivity contribution in [2.24, 2.45) is 0 Å². The van der Waals surface area contributed by atoms with Crippen LogP contribution in [0.5, 0.6) is 0 Å².